The van der Waals surface area contributed by atoms with E-state index in [1.165, 1.54) is 76.2 Å². The molecule has 0 heterocycles. The maximum absolute atomic E-state index is 2.75. The maximum Gasteiger partial charge on any atom is 0.0215 e. The Labute approximate surface area is 176 Å². The van der Waals surface area contributed by atoms with Crippen LogP contribution in [0.4, 0.5) is 0 Å². The molecule has 2 aromatic carbocycles. The van der Waals surface area contributed by atoms with Gasteiger partial charge in [-0.05, 0) is 109 Å². The molecule has 6 aliphatic rings. The van der Waals surface area contributed by atoms with Crippen molar-refractivity contribution in [2.24, 2.45) is 17.8 Å². The van der Waals surface area contributed by atoms with E-state index in [2.05, 4.69) is 43.3 Å². The molecule has 5 saturated carbocycles. The number of hydrogen-bond donors (Lipinski definition) is 0. The standard InChI is InChI=1S/C29H34/c1-19-5-7-24-25-8-6-23(28-16-20-12-21(17-28)14-22(13-20)18-28)15-27(25)29(26(24)11-19)9-3-2-4-10-29/h5-8,11,15,20-22H,2-4,9-10,12-14,16-18H2,1H3. The van der Waals surface area contributed by atoms with Crippen molar-refractivity contribution in [2.45, 2.75) is 88.4 Å². The average molecular weight is 383 g/mol. The van der Waals surface area contributed by atoms with Crippen molar-refractivity contribution < 1.29 is 0 Å². The summed E-state index contributed by atoms with van der Waals surface area (Å²) in [7, 11) is 0. The van der Waals surface area contributed by atoms with E-state index in [1.54, 1.807) is 27.8 Å². The zero-order valence-electron chi connectivity index (χ0n) is 18.0. The van der Waals surface area contributed by atoms with Gasteiger partial charge in [0.25, 0.3) is 0 Å². The van der Waals surface area contributed by atoms with Crippen molar-refractivity contribution in [3.8, 4) is 11.1 Å². The fraction of sp³-hybridized carbons (Fsp3) is 0.586. The normalized spacial score (nSPS) is 35.7. The minimum Gasteiger partial charge on any atom is -0.0587 e. The summed E-state index contributed by atoms with van der Waals surface area (Å²) in [4.78, 5) is 0. The Balaban J connectivity index is 1.40. The molecule has 0 aromatic heterocycles. The van der Waals surface area contributed by atoms with Gasteiger partial charge in [0.2, 0.25) is 0 Å². The number of fused-ring (bicyclic) bond motifs is 5. The van der Waals surface area contributed by atoms with Crippen molar-refractivity contribution in [2.75, 3.05) is 0 Å². The average Bonchev–Trinajstić information content (AvgIpc) is 2.96. The predicted octanol–water partition coefficient (Wildman–Crippen LogP) is 7.69. The number of hydrogen-bond acceptors (Lipinski definition) is 0. The van der Waals surface area contributed by atoms with Crippen LogP contribution in [0, 0.1) is 24.7 Å². The molecule has 0 atom stereocenters. The quantitative estimate of drug-likeness (QED) is 0.474. The van der Waals surface area contributed by atoms with E-state index in [4.69, 9.17) is 0 Å². The SMILES string of the molecule is Cc1ccc2c(c1)C1(CCCCC1)c1cc(C34CC5CC(CC(C5)C3)C4)ccc1-2. The Morgan fingerprint density at radius 3 is 1.93 bits per heavy atom. The summed E-state index contributed by atoms with van der Waals surface area (Å²) in [6.45, 7) is 2.28. The van der Waals surface area contributed by atoms with E-state index < -0.39 is 0 Å². The highest BCUT2D eigenvalue weighted by molar-refractivity contribution is 5.82. The second-order valence-corrected chi connectivity index (χ2v) is 11.7. The summed E-state index contributed by atoms with van der Waals surface area (Å²) in [5.41, 5.74) is 10.5. The van der Waals surface area contributed by atoms with Crippen LogP contribution in [-0.4, -0.2) is 0 Å². The molecule has 0 radical (unpaired) electrons. The molecule has 5 fully saturated rings. The Morgan fingerprint density at radius 1 is 0.690 bits per heavy atom. The molecule has 4 bridgehead atoms. The van der Waals surface area contributed by atoms with E-state index >= 15 is 0 Å². The van der Waals surface area contributed by atoms with Crippen LogP contribution in [0.3, 0.4) is 0 Å². The smallest absolute Gasteiger partial charge is 0.0215 e. The zero-order chi connectivity index (χ0) is 19.2. The molecule has 6 aliphatic carbocycles. The number of benzene rings is 2. The molecule has 0 heteroatoms. The largest absolute Gasteiger partial charge is 0.0587 e. The van der Waals surface area contributed by atoms with Crippen molar-refractivity contribution in [1.82, 2.24) is 0 Å². The van der Waals surface area contributed by atoms with Crippen LogP contribution < -0.4 is 0 Å². The molecule has 150 valence electrons. The minimum absolute atomic E-state index is 0.313. The highest BCUT2D eigenvalue weighted by atomic mass is 14.6. The van der Waals surface area contributed by atoms with Gasteiger partial charge in [0.05, 0.1) is 0 Å². The summed E-state index contributed by atoms with van der Waals surface area (Å²) in [6.07, 6.45) is 16.0. The molecule has 2 aromatic rings. The minimum atomic E-state index is 0.313. The zero-order valence-corrected chi connectivity index (χ0v) is 18.0. The molecule has 0 N–H and O–H groups in total. The molecule has 0 aliphatic heterocycles. The van der Waals surface area contributed by atoms with Crippen molar-refractivity contribution in [3.63, 3.8) is 0 Å². The second kappa shape index (κ2) is 5.77. The summed E-state index contributed by atoms with van der Waals surface area (Å²) in [5.74, 6) is 3.08. The molecule has 0 unspecified atom stereocenters. The van der Waals surface area contributed by atoms with Crippen LogP contribution in [0.15, 0.2) is 36.4 Å². The Kier molecular flexibility index (Phi) is 3.42. The molecule has 0 amide bonds. The van der Waals surface area contributed by atoms with Gasteiger partial charge in [-0.1, -0.05) is 61.2 Å². The first-order valence-corrected chi connectivity index (χ1v) is 12.4. The highest BCUT2D eigenvalue weighted by Gasteiger charge is 2.52. The first-order valence-electron chi connectivity index (χ1n) is 12.4. The van der Waals surface area contributed by atoms with Gasteiger partial charge in [-0.25, -0.2) is 0 Å². The van der Waals surface area contributed by atoms with Crippen molar-refractivity contribution >= 4 is 0 Å². The summed E-state index contributed by atoms with van der Waals surface area (Å²) >= 11 is 0. The van der Waals surface area contributed by atoms with Crippen LogP contribution in [0.1, 0.15) is 92.9 Å². The lowest BCUT2D eigenvalue weighted by atomic mass is 9.48. The molecular formula is C29H34. The number of aryl methyl sites for hydroxylation is 1. The molecule has 29 heavy (non-hydrogen) atoms. The first-order chi connectivity index (χ1) is 14.2. The predicted molar refractivity (Wildman–Crippen MR) is 120 cm³/mol. The van der Waals surface area contributed by atoms with E-state index in [9.17, 15) is 0 Å². The van der Waals surface area contributed by atoms with Gasteiger partial charge in [-0.3, -0.25) is 0 Å². The van der Waals surface area contributed by atoms with Crippen molar-refractivity contribution in [3.05, 3.63) is 58.7 Å². The van der Waals surface area contributed by atoms with E-state index in [-0.39, 0.29) is 0 Å². The fourth-order valence-electron chi connectivity index (χ4n) is 9.10. The van der Waals surface area contributed by atoms with E-state index in [0.29, 0.717) is 10.8 Å². The lowest BCUT2D eigenvalue weighted by molar-refractivity contribution is -0.00524. The van der Waals surface area contributed by atoms with Crippen LogP contribution in [-0.2, 0) is 10.8 Å². The van der Waals surface area contributed by atoms with Gasteiger partial charge in [-0.2, -0.15) is 0 Å². The molecular weight excluding hydrogens is 348 g/mol. The Morgan fingerprint density at radius 2 is 1.28 bits per heavy atom. The van der Waals surface area contributed by atoms with Gasteiger partial charge >= 0.3 is 0 Å². The van der Waals surface area contributed by atoms with Gasteiger partial charge in [0, 0.05) is 5.41 Å². The molecule has 8 rings (SSSR count). The van der Waals surface area contributed by atoms with Gasteiger partial charge in [0.1, 0.15) is 0 Å². The summed E-state index contributed by atoms with van der Waals surface area (Å²) in [5, 5.41) is 0. The Bertz CT molecular complexity index is 952. The van der Waals surface area contributed by atoms with Crippen LogP contribution >= 0.6 is 0 Å². The first kappa shape index (κ1) is 17.2. The topological polar surface area (TPSA) is 0 Å². The lowest BCUT2D eigenvalue weighted by Crippen LogP contribution is -2.48. The third-order valence-electron chi connectivity index (χ3n) is 9.87. The third-order valence-corrected chi connectivity index (χ3v) is 9.87. The maximum atomic E-state index is 2.75. The fourth-order valence-corrected chi connectivity index (χ4v) is 9.10. The van der Waals surface area contributed by atoms with Crippen LogP contribution in [0.25, 0.3) is 11.1 Å². The monoisotopic (exact) mass is 382 g/mol. The summed E-state index contributed by atoms with van der Waals surface area (Å²) in [6, 6.07) is 15.2. The van der Waals surface area contributed by atoms with E-state index in [0.717, 1.165) is 17.8 Å². The van der Waals surface area contributed by atoms with Crippen LogP contribution in [0.2, 0.25) is 0 Å². The van der Waals surface area contributed by atoms with Gasteiger partial charge < -0.3 is 0 Å². The lowest BCUT2D eigenvalue weighted by Gasteiger charge is -2.57. The molecule has 0 saturated heterocycles. The summed E-state index contributed by atoms with van der Waals surface area (Å²) < 4.78 is 0. The van der Waals surface area contributed by atoms with Gasteiger partial charge in [0.15, 0.2) is 0 Å². The second-order valence-electron chi connectivity index (χ2n) is 11.7. The molecule has 1 spiro atoms. The van der Waals surface area contributed by atoms with Gasteiger partial charge in [-0.15, -0.1) is 0 Å². The Hall–Kier alpha value is -1.56. The van der Waals surface area contributed by atoms with Crippen molar-refractivity contribution in [1.29, 1.82) is 0 Å². The van der Waals surface area contributed by atoms with Crippen LogP contribution in [0.5, 0.6) is 0 Å². The van der Waals surface area contributed by atoms with E-state index in [1.807, 2.05) is 0 Å². The number of rotatable bonds is 1. The highest BCUT2D eigenvalue weighted by Crippen LogP contribution is 2.62. The molecule has 0 nitrogen and oxygen atoms in total. The third kappa shape index (κ3) is 2.27.